The molecule has 0 fully saturated rings. The third-order valence-corrected chi connectivity index (χ3v) is 1.99. The van der Waals surface area contributed by atoms with Crippen LogP contribution in [-0.4, -0.2) is 22.8 Å². The van der Waals surface area contributed by atoms with Crippen molar-refractivity contribution in [1.82, 2.24) is 0 Å². The molecule has 21 heavy (non-hydrogen) atoms. The highest BCUT2D eigenvalue weighted by Crippen LogP contribution is 2.06. The van der Waals surface area contributed by atoms with E-state index in [2.05, 4.69) is 6.58 Å². The van der Waals surface area contributed by atoms with E-state index in [1.165, 1.54) is 0 Å². The van der Waals surface area contributed by atoms with Gasteiger partial charge in [0.1, 0.15) is 11.5 Å². The number of carboxylic acid groups (broad SMARTS) is 1. The Hall–Kier alpha value is -2.75. The Morgan fingerprint density at radius 2 is 1.52 bits per heavy atom. The Labute approximate surface area is 124 Å². The number of aliphatic carboxylic acids is 1. The van der Waals surface area contributed by atoms with Crippen LogP contribution in [0.2, 0.25) is 0 Å². The molecule has 0 saturated carbocycles. The Bertz CT molecular complexity index is 495. The van der Waals surface area contributed by atoms with Crippen LogP contribution in [0.15, 0.2) is 73.3 Å². The van der Waals surface area contributed by atoms with Gasteiger partial charge >= 0.3 is 5.97 Å². The maximum atomic E-state index is 9.25. The van der Waals surface area contributed by atoms with Crippen LogP contribution in [0.5, 0.6) is 11.5 Å². The average molecular weight is 288 g/mol. The van der Waals surface area contributed by atoms with Crippen molar-refractivity contribution >= 4 is 5.97 Å². The first-order valence-corrected chi connectivity index (χ1v) is 6.37. The zero-order valence-electron chi connectivity index (χ0n) is 12.0. The van der Waals surface area contributed by atoms with Gasteiger partial charge < -0.3 is 14.9 Å². The minimum atomic E-state index is -0.981. The number of carboxylic acids is 1. The van der Waals surface area contributed by atoms with Crippen LogP contribution in [0.1, 0.15) is 6.92 Å². The molecule has 2 aromatic rings. The lowest BCUT2D eigenvalue weighted by Gasteiger charge is -1.99. The fourth-order valence-corrected chi connectivity index (χ4v) is 1.11. The Morgan fingerprint density at radius 3 is 1.81 bits per heavy atom. The summed E-state index contributed by atoms with van der Waals surface area (Å²) >= 11 is 0. The molecule has 112 valence electrons. The van der Waals surface area contributed by atoms with E-state index in [1.807, 2.05) is 43.3 Å². The summed E-state index contributed by atoms with van der Waals surface area (Å²) in [6.45, 7) is 5.68. The van der Waals surface area contributed by atoms with Crippen LogP contribution in [0.3, 0.4) is 0 Å². The Balaban J connectivity index is 0.000000300. The Morgan fingerprint density at radius 1 is 1.10 bits per heavy atom. The zero-order chi connectivity index (χ0) is 15.9. The number of benzene rings is 2. The molecule has 0 spiro atoms. The van der Waals surface area contributed by atoms with Gasteiger partial charge in [0.05, 0.1) is 6.61 Å². The topological polar surface area (TPSA) is 66.8 Å². The van der Waals surface area contributed by atoms with Crippen molar-refractivity contribution in [3.05, 3.63) is 73.3 Å². The van der Waals surface area contributed by atoms with E-state index >= 15 is 0 Å². The molecule has 2 rings (SSSR count). The third kappa shape index (κ3) is 12.0. The van der Waals surface area contributed by atoms with E-state index in [-0.39, 0.29) is 0 Å². The van der Waals surface area contributed by atoms with Gasteiger partial charge in [0.2, 0.25) is 0 Å². The normalized spacial score (nSPS) is 8.24. The second kappa shape index (κ2) is 12.3. The number of aromatic hydroxyl groups is 1. The number of para-hydroxylation sites is 2. The van der Waals surface area contributed by atoms with Gasteiger partial charge in [-0.05, 0) is 31.2 Å². The molecular formula is C17H20O4. The van der Waals surface area contributed by atoms with E-state index in [9.17, 15) is 4.79 Å². The van der Waals surface area contributed by atoms with Gasteiger partial charge in [0, 0.05) is 6.08 Å². The van der Waals surface area contributed by atoms with E-state index in [0.29, 0.717) is 5.75 Å². The molecule has 2 N–H and O–H groups in total. The van der Waals surface area contributed by atoms with Crippen LogP contribution < -0.4 is 4.74 Å². The summed E-state index contributed by atoms with van der Waals surface area (Å²) in [4.78, 5) is 9.25. The predicted molar refractivity (Wildman–Crippen MR) is 83.6 cm³/mol. The summed E-state index contributed by atoms with van der Waals surface area (Å²) in [7, 11) is 0. The minimum absolute atomic E-state index is 0.322. The number of rotatable bonds is 3. The van der Waals surface area contributed by atoms with Crippen molar-refractivity contribution in [2.45, 2.75) is 6.92 Å². The quantitative estimate of drug-likeness (QED) is 0.844. The molecular weight excluding hydrogens is 268 g/mol. The lowest BCUT2D eigenvalue weighted by molar-refractivity contribution is -0.131. The number of phenolic OH excluding ortho intramolecular Hbond substituents is 1. The SMILES string of the molecule is C=CC(=O)O.CCOc1ccccc1.Oc1ccccc1. The number of carbonyl (C=O) groups is 1. The molecule has 0 aromatic heterocycles. The fourth-order valence-electron chi connectivity index (χ4n) is 1.11. The molecule has 0 amide bonds. The number of hydrogen-bond donors (Lipinski definition) is 2. The van der Waals surface area contributed by atoms with E-state index in [4.69, 9.17) is 14.9 Å². The smallest absolute Gasteiger partial charge is 0.327 e. The molecule has 2 aromatic carbocycles. The summed E-state index contributed by atoms with van der Waals surface area (Å²) in [5, 5.41) is 16.2. The zero-order valence-corrected chi connectivity index (χ0v) is 12.0. The second-order valence-electron chi connectivity index (χ2n) is 3.62. The lowest BCUT2D eigenvalue weighted by atomic mass is 10.3. The first-order valence-electron chi connectivity index (χ1n) is 6.37. The largest absolute Gasteiger partial charge is 0.508 e. The van der Waals surface area contributed by atoms with E-state index in [1.54, 1.807) is 24.3 Å². The van der Waals surface area contributed by atoms with Gasteiger partial charge in [0.15, 0.2) is 0 Å². The summed E-state index contributed by atoms with van der Waals surface area (Å²) in [5.74, 6) is 0.285. The molecule has 0 unspecified atom stereocenters. The number of hydrogen-bond acceptors (Lipinski definition) is 3. The second-order valence-corrected chi connectivity index (χ2v) is 3.62. The molecule has 0 saturated heterocycles. The van der Waals surface area contributed by atoms with Gasteiger partial charge in [0.25, 0.3) is 0 Å². The van der Waals surface area contributed by atoms with Crippen molar-refractivity contribution in [3.63, 3.8) is 0 Å². The van der Waals surface area contributed by atoms with Crippen molar-refractivity contribution in [1.29, 1.82) is 0 Å². The van der Waals surface area contributed by atoms with Gasteiger partial charge in [-0.15, -0.1) is 0 Å². The van der Waals surface area contributed by atoms with Crippen molar-refractivity contribution < 1.29 is 19.7 Å². The standard InChI is InChI=1S/C8H10O.C6H6O.C3H4O2/c1-2-9-8-6-4-3-5-7-8;7-6-4-2-1-3-5-6;1-2-3(4)5/h3-7H,2H2,1H3;1-5,7H;2H,1H2,(H,4,5). The van der Waals surface area contributed by atoms with Crippen molar-refractivity contribution in [2.75, 3.05) is 6.61 Å². The monoisotopic (exact) mass is 288 g/mol. The summed E-state index contributed by atoms with van der Waals surface area (Å²) < 4.78 is 5.21. The molecule has 0 bridgehead atoms. The predicted octanol–water partition coefficient (Wildman–Crippen LogP) is 3.73. The Kier molecular flexibility index (Phi) is 10.7. The first-order chi connectivity index (χ1) is 10.1. The molecule has 0 aliphatic heterocycles. The summed E-state index contributed by atoms with van der Waals surface area (Å²) in [6.07, 6.45) is 0.833. The molecule has 0 atom stereocenters. The van der Waals surface area contributed by atoms with Gasteiger partial charge in [-0.2, -0.15) is 0 Å². The van der Waals surface area contributed by atoms with Crippen molar-refractivity contribution in [2.24, 2.45) is 0 Å². The van der Waals surface area contributed by atoms with Crippen LogP contribution in [0, 0.1) is 0 Å². The highest BCUT2D eigenvalue weighted by molar-refractivity contribution is 5.78. The summed E-state index contributed by atoms with van der Waals surface area (Å²) in [5.41, 5.74) is 0. The van der Waals surface area contributed by atoms with Gasteiger partial charge in [-0.3, -0.25) is 0 Å². The van der Waals surface area contributed by atoms with Crippen molar-refractivity contribution in [3.8, 4) is 11.5 Å². The molecule has 0 aliphatic carbocycles. The van der Waals surface area contributed by atoms with Crippen LogP contribution in [0.25, 0.3) is 0 Å². The fraction of sp³-hybridized carbons (Fsp3) is 0.118. The lowest BCUT2D eigenvalue weighted by Crippen LogP contribution is -1.89. The molecule has 0 aliphatic rings. The molecule has 0 heterocycles. The number of phenols is 1. The van der Waals surface area contributed by atoms with E-state index in [0.717, 1.165) is 18.4 Å². The van der Waals surface area contributed by atoms with Gasteiger partial charge in [-0.1, -0.05) is 43.0 Å². The highest BCUT2D eigenvalue weighted by atomic mass is 16.5. The van der Waals surface area contributed by atoms with E-state index < -0.39 is 5.97 Å². The molecule has 4 heteroatoms. The summed E-state index contributed by atoms with van der Waals surface area (Å²) in [6, 6.07) is 18.5. The minimum Gasteiger partial charge on any atom is -0.508 e. The maximum Gasteiger partial charge on any atom is 0.327 e. The molecule has 0 radical (unpaired) electrons. The first kappa shape index (κ1) is 18.2. The molecule has 4 nitrogen and oxygen atoms in total. The van der Waals surface area contributed by atoms with Crippen LogP contribution in [-0.2, 0) is 4.79 Å². The van der Waals surface area contributed by atoms with Crippen LogP contribution >= 0.6 is 0 Å². The highest BCUT2D eigenvalue weighted by Gasteiger charge is 1.83. The maximum absolute atomic E-state index is 9.25. The van der Waals surface area contributed by atoms with Crippen LogP contribution in [0.4, 0.5) is 0 Å². The van der Waals surface area contributed by atoms with Gasteiger partial charge in [-0.25, -0.2) is 4.79 Å². The number of ether oxygens (including phenoxy) is 1. The third-order valence-electron chi connectivity index (χ3n) is 1.99. The average Bonchev–Trinajstić information content (AvgIpc) is 2.51.